The Morgan fingerprint density at radius 1 is 1.29 bits per heavy atom. The van der Waals surface area contributed by atoms with Crippen molar-refractivity contribution in [2.75, 3.05) is 25.5 Å². The van der Waals surface area contributed by atoms with Crippen LogP contribution in [0.4, 0.5) is 23.2 Å². The largest absolute Gasteiger partial charge is 0.397 e. The third-order valence-electron chi connectivity index (χ3n) is 2.48. The maximum absolute atomic E-state index is 13.0. The summed E-state index contributed by atoms with van der Waals surface area (Å²) in [5.41, 5.74) is 5.35. The maximum atomic E-state index is 13.0. The summed E-state index contributed by atoms with van der Waals surface area (Å²) in [6.07, 6.45) is -4.43. The zero-order chi connectivity index (χ0) is 13.2. The highest BCUT2D eigenvalue weighted by Gasteiger charge is 2.41. The first kappa shape index (κ1) is 13.8. The number of nitrogens with two attached hydrogens (primary N) is 1. The van der Waals surface area contributed by atoms with Gasteiger partial charge in [-0.3, -0.25) is 0 Å². The first-order valence-electron chi connectivity index (χ1n) is 5.01. The number of benzene rings is 1. The smallest absolute Gasteiger partial charge is 0.377 e. The quantitative estimate of drug-likeness (QED) is 0.835. The number of nitrogens with zero attached hydrogens (tertiary/aromatic N) is 1. The molecule has 0 heterocycles. The van der Waals surface area contributed by atoms with Crippen LogP contribution >= 0.6 is 0 Å². The molecule has 2 nitrogen and oxygen atoms in total. The summed E-state index contributed by atoms with van der Waals surface area (Å²) >= 11 is 0. The van der Waals surface area contributed by atoms with Gasteiger partial charge in [-0.1, -0.05) is 6.07 Å². The highest BCUT2D eigenvalue weighted by Crippen LogP contribution is 2.38. The second-order valence-corrected chi connectivity index (χ2v) is 3.93. The second-order valence-electron chi connectivity index (χ2n) is 3.93. The lowest BCUT2D eigenvalue weighted by Gasteiger charge is -2.25. The monoisotopic (exact) mass is 250 g/mol. The van der Waals surface area contributed by atoms with Crippen LogP contribution in [0.3, 0.4) is 0 Å². The van der Waals surface area contributed by atoms with Gasteiger partial charge < -0.3 is 10.6 Å². The van der Waals surface area contributed by atoms with Gasteiger partial charge in [-0.25, -0.2) is 4.39 Å². The van der Waals surface area contributed by atoms with Crippen molar-refractivity contribution in [1.82, 2.24) is 0 Å². The highest BCUT2D eigenvalue weighted by molar-refractivity contribution is 5.55. The van der Waals surface area contributed by atoms with Crippen molar-refractivity contribution in [2.45, 2.75) is 12.1 Å². The van der Waals surface area contributed by atoms with Gasteiger partial charge in [0.25, 0.3) is 0 Å². The van der Waals surface area contributed by atoms with Gasteiger partial charge in [0, 0.05) is 26.3 Å². The summed E-state index contributed by atoms with van der Waals surface area (Å²) < 4.78 is 51.3. The zero-order valence-electron chi connectivity index (χ0n) is 9.55. The Kier molecular flexibility index (Phi) is 3.98. The number of alkyl halides is 3. The topological polar surface area (TPSA) is 29.3 Å². The summed E-state index contributed by atoms with van der Waals surface area (Å²) in [6.45, 7) is -0.560. The van der Waals surface area contributed by atoms with Crippen molar-refractivity contribution < 1.29 is 17.6 Å². The Morgan fingerprint density at radius 2 is 1.88 bits per heavy atom. The molecule has 2 N–H and O–H groups in total. The average Bonchev–Trinajstić information content (AvgIpc) is 2.18. The lowest BCUT2D eigenvalue weighted by molar-refractivity contribution is -0.148. The summed E-state index contributed by atoms with van der Waals surface area (Å²) in [6, 6.07) is 3.22. The molecule has 1 atom stereocenters. The van der Waals surface area contributed by atoms with E-state index in [1.54, 1.807) is 14.1 Å². The van der Waals surface area contributed by atoms with Crippen LogP contribution in [0.2, 0.25) is 0 Å². The molecule has 0 bridgehead atoms. The lowest BCUT2D eigenvalue weighted by Crippen LogP contribution is -2.29. The summed E-state index contributed by atoms with van der Waals surface area (Å²) in [4.78, 5) is 1.44. The van der Waals surface area contributed by atoms with Crippen LogP contribution < -0.4 is 10.6 Å². The Labute approximate surface area is 97.0 Å². The van der Waals surface area contributed by atoms with E-state index in [1.165, 1.54) is 4.90 Å². The molecular weight excluding hydrogens is 236 g/mol. The van der Waals surface area contributed by atoms with Crippen LogP contribution in [0.5, 0.6) is 0 Å². The van der Waals surface area contributed by atoms with Crippen molar-refractivity contribution in [1.29, 1.82) is 0 Å². The fourth-order valence-electron chi connectivity index (χ4n) is 1.64. The molecule has 96 valence electrons. The minimum absolute atomic E-state index is 0.00796. The number of halogens is 4. The third-order valence-corrected chi connectivity index (χ3v) is 2.48. The Bertz CT molecular complexity index is 388. The highest BCUT2D eigenvalue weighted by atomic mass is 19.4. The van der Waals surface area contributed by atoms with Gasteiger partial charge in [0.2, 0.25) is 0 Å². The number of hydrogen-bond acceptors (Lipinski definition) is 2. The normalized spacial score (nSPS) is 13.6. The van der Waals surface area contributed by atoms with E-state index in [0.717, 1.165) is 18.2 Å². The first-order valence-corrected chi connectivity index (χ1v) is 5.01. The third kappa shape index (κ3) is 3.09. The lowest BCUT2D eigenvalue weighted by atomic mass is 9.96. The molecule has 0 spiro atoms. The van der Waals surface area contributed by atoms with Gasteiger partial charge >= 0.3 is 6.18 Å². The van der Waals surface area contributed by atoms with Crippen molar-refractivity contribution in [3.63, 3.8) is 0 Å². The van der Waals surface area contributed by atoms with Gasteiger partial charge in [0.1, 0.15) is 5.82 Å². The van der Waals surface area contributed by atoms with Gasteiger partial charge in [-0.15, -0.1) is 0 Å². The van der Waals surface area contributed by atoms with Crippen LogP contribution in [0.1, 0.15) is 11.5 Å². The second kappa shape index (κ2) is 4.91. The fourth-order valence-corrected chi connectivity index (χ4v) is 1.64. The predicted octanol–water partition coefficient (Wildman–Crippen LogP) is 2.50. The maximum Gasteiger partial charge on any atom is 0.397 e. The standard InChI is InChI=1S/C11H14F4N2/c1-17(2)10-5-7(12)3-4-8(10)9(6-16)11(13,14)15/h3-5,9H,6,16H2,1-2H3. The van der Waals surface area contributed by atoms with Crippen molar-refractivity contribution >= 4 is 5.69 Å². The molecule has 0 amide bonds. The molecule has 1 unspecified atom stereocenters. The number of rotatable bonds is 3. The summed E-state index contributed by atoms with van der Waals surface area (Å²) in [7, 11) is 3.12. The molecule has 0 aliphatic rings. The molecule has 6 heteroatoms. The summed E-state index contributed by atoms with van der Waals surface area (Å²) in [5, 5.41) is 0. The minimum Gasteiger partial charge on any atom is -0.377 e. The van der Waals surface area contributed by atoms with Crippen LogP contribution in [-0.4, -0.2) is 26.8 Å². The van der Waals surface area contributed by atoms with Crippen molar-refractivity contribution in [2.24, 2.45) is 5.73 Å². The van der Waals surface area contributed by atoms with E-state index in [2.05, 4.69) is 0 Å². The number of anilines is 1. The van der Waals surface area contributed by atoms with E-state index in [4.69, 9.17) is 5.73 Å². The van der Waals surface area contributed by atoms with E-state index < -0.39 is 24.5 Å². The van der Waals surface area contributed by atoms with E-state index >= 15 is 0 Å². The fraction of sp³-hybridized carbons (Fsp3) is 0.455. The minimum atomic E-state index is -4.43. The molecule has 17 heavy (non-hydrogen) atoms. The summed E-state index contributed by atoms with van der Waals surface area (Å²) in [5.74, 6) is -2.35. The van der Waals surface area contributed by atoms with E-state index in [1.807, 2.05) is 0 Å². The molecule has 1 rings (SSSR count). The zero-order valence-corrected chi connectivity index (χ0v) is 9.55. The van der Waals surface area contributed by atoms with Crippen molar-refractivity contribution in [3.8, 4) is 0 Å². The Hall–Kier alpha value is -1.30. The van der Waals surface area contributed by atoms with Crippen LogP contribution in [0.25, 0.3) is 0 Å². The molecule has 1 aromatic rings. The molecule has 0 aliphatic carbocycles. The molecule has 0 saturated heterocycles. The number of hydrogen-bond donors (Lipinski definition) is 1. The first-order chi connectivity index (χ1) is 7.77. The predicted molar refractivity (Wildman–Crippen MR) is 58.6 cm³/mol. The molecule has 0 radical (unpaired) electrons. The van der Waals surface area contributed by atoms with Gasteiger partial charge in [0.15, 0.2) is 0 Å². The molecular formula is C11H14F4N2. The Balaban J connectivity index is 3.29. The van der Waals surface area contributed by atoms with Crippen LogP contribution in [0.15, 0.2) is 18.2 Å². The van der Waals surface area contributed by atoms with Crippen LogP contribution in [-0.2, 0) is 0 Å². The van der Waals surface area contributed by atoms with E-state index in [-0.39, 0.29) is 11.3 Å². The Morgan fingerprint density at radius 3 is 2.29 bits per heavy atom. The van der Waals surface area contributed by atoms with E-state index in [0.29, 0.717) is 0 Å². The van der Waals surface area contributed by atoms with Gasteiger partial charge in [-0.2, -0.15) is 13.2 Å². The molecule has 0 aromatic heterocycles. The molecule has 0 aliphatic heterocycles. The van der Waals surface area contributed by atoms with Crippen LogP contribution in [0, 0.1) is 5.82 Å². The molecule has 0 saturated carbocycles. The molecule has 1 aromatic carbocycles. The van der Waals surface area contributed by atoms with Gasteiger partial charge in [0.05, 0.1) is 5.92 Å². The average molecular weight is 250 g/mol. The SMILES string of the molecule is CN(C)c1cc(F)ccc1C(CN)C(F)(F)F. The van der Waals surface area contributed by atoms with Gasteiger partial charge in [-0.05, 0) is 17.7 Å². The van der Waals surface area contributed by atoms with E-state index in [9.17, 15) is 17.6 Å². The van der Waals surface area contributed by atoms with Crippen molar-refractivity contribution in [3.05, 3.63) is 29.6 Å². The molecule has 0 fully saturated rings.